The fourth-order valence-corrected chi connectivity index (χ4v) is 4.15. The summed E-state index contributed by atoms with van der Waals surface area (Å²) in [4.78, 5) is 18.2. The monoisotopic (exact) mass is 347 g/mol. The number of ether oxygens (including phenoxy) is 2. The second-order valence-corrected chi connectivity index (χ2v) is 8.08. The van der Waals surface area contributed by atoms with Crippen LogP contribution in [-0.4, -0.2) is 43.4 Å². The summed E-state index contributed by atoms with van der Waals surface area (Å²) < 4.78 is 11.2. The van der Waals surface area contributed by atoms with Crippen LogP contribution in [0, 0.1) is 11.8 Å². The second-order valence-electron chi connectivity index (χ2n) is 8.08. The molecule has 0 N–H and O–H groups in total. The molecule has 0 spiro atoms. The van der Waals surface area contributed by atoms with Gasteiger partial charge in [-0.1, -0.05) is 12.1 Å². The van der Waals surface area contributed by atoms with Crippen molar-refractivity contribution < 1.29 is 19.1 Å². The highest BCUT2D eigenvalue weighted by Crippen LogP contribution is 2.40. The van der Waals surface area contributed by atoms with Crippen molar-refractivity contribution in [2.75, 3.05) is 20.8 Å². The van der Waals surface area contributed by atoms with Crippen molar-refractivity contribution in [2.24, 2.45) is 11.8 Å². The van der Waals surface area contributed by atoms with Crippen LogP contribution in [-0.2, 0) is 27.2 Å². The molecule has 1 aliphatic heterocycles. The van der Waals surface area contributed by atoms with Crippen molar-refractivity contribution in [1.29, 1.82) is 0 Å². The van der Waals surface area contributed by atoms with Gasteiger partial charge in [0.25, 0.3) is 0 Å². The first-order valence-electron chi connectivity index (χ1n) is 9.00. The van der Waals surface area contributed by atoms with Gasteiger partial charge in [0, 0.05) is 12.6 Å². The Kier molecular flexibility index (Phi) is 5.07. The lowest BCUT2D eigenvalue weighted by molar-refractivity contribution is -0.210. The quantitative estimate of drug-likeness (QED) is 0.787. The number of hydrogen-bond acceptors (Lipinski definition) is 5. The van der Waals surface area contributed by atoms with Gasteiger partial charge in [0.15, 0.2) is 0 Å². The Morgan fingerprint density at radius 1 is 1.20 bits per heavy atom. The Hall–Kier alpha value is -1.59. The van der Waals surface area contributed by atoms with E-state index >= 15 is 0 Å². The van der Waals surface area contributed by atoms with E-state index in [2.05, 4.69) is 6.07 Å². The van der Waals surface area contributed by atoms with Gasteiger partial charge in [-0.2, -0.15) is 5.06 Å². The minimum absolute atomic E-state index is 0.126. The summed E-state index contributed by atoms with van der Waals surface area (Å²) >= 11 is 0. The number of carbonyl (C=O) groups excluding carboxylic acids is 1. The van der Waals surface area contributed by atoms with Gasteiger partial charge >= 0.3 is 5.97 Å². The zero-order valence-corrected chi connectivity index (χ0v) is 15.9. The van der Waals surface area contributed by atoms with Gasteiger partial charge in [-0.05, 0) is 63.1 Å². The van der Waals surface area contributed by atoms with Gasteiger partial charge in [-0.25, -0.2) is 0 Å². The van der Waals surface area contributed by atoms with Crippen LogP contribution in [0.1, 0.15) is 38.3 Å². The lowest BCUT2D eigenvalue weighted by Crippen LogP contribution is -2.53. The first-order valence-corrected chi connectivity index (χ1v) is 9.00. The molecule has 25 heavy (non-hydrogen) atoms. The van der Waals surface area contributed by atoms with E-state index in [1.54, 1.807) is 14.2 Å². The molecule has 3 atom stereocenters. The molecule has 0 unspecified atom stereocenters. The molecule has 5 heteroatoms. The predicted octanol–water partition coefficient (Wildman–Crippen LogP) is 3.00. The summed E-state index contributed by atoms with van der Waals surface area (Å²) in [6.45, 7) is 6.32. The number of nitrogens with zero attached hydrogens (tertiary/aromatic N) is 1. The molecule has 0 saturated carbocycles. The van der Waals surface area contributed by atoms with Gasteiger partial charge in [-0.3, -0.25) is 4.79 Å². The van der Waals surface area contributed by atoms with Crippen molar-refractivity contribution >= 4 is 5.97 Å². The maximum Gasteiger partial charge on any atom is 0.310 e. The average Bonchev–Trinajstić information content (AvgIpc) is 2.56. The van der Waals surface area contributed by atoms with Gasteiger partial charge in [0.1, 0.15) is 11.4 Å². The largest absolute Gasteiger partial charge is 0.496 e. The van der Waals surface area contributed by atoms with E-state index in [1.165, 1.54) is 11.1 Å². The van der Waals surface area contributed by atoms with E-state index < -0.39 is 5.60 Å². The van der Waals surface area contributed by atoms with E-state index in [-0.39, 0.29) is 11.9 Å². The summed E-state index contributed by atoms with van der Waals surface area (Å²) in [5.74, 6) is 1.02. The first kappa shape index (κ1) is 18.2. The SMILES string of the molecule is COc1cccc2c1C[C@H]1C[C@@H](C(=O)OC(C)(C)C)CN(OC)[C@@H]1C2. The van der Waals surface area contributed by atoms with Crippen LogP contribution < -0.4 is 4.74 Å². The molecule has 5 nitrogen and oxygen atoms in total. The minimum Gasteiger partial charge on any atom is -0.496 e. The van der Waals surface area contributed by atoms with Crippen LogP contribution in [0.15, 0.2) is 18.2 Å². The molecule has 1 aliphatic carbocycles. The van der Waals surface area contributed by atoms with Crippen LogP contribution in [0.3, 0.4) is 0 Å². The van der Waals surface area contributed by atoms with Gasteiger partial charge in [-0.15, -0.1) is 0 Å². The highest BCUT2D eigenvalue weighted by Gasteiger charge is 2.43. The average molecular weight is 347 g/mol. The molecular weight excluding hydrogens is 318 g/mol. The van der Waals surface area contributed by atoms with Crippen LogP contribution in [0.5, 0.6) is 5.75 Å². The standard InChI is InChI=1S/C20H29NO4/c1-20(2,3)25-19(22)15-9-14-10-16-13(7-6-8-18(16)23-4)11-17(14)21(12-15)24-5/h6-8,14-15,17H,9-12H2,1-5H3/t14-,15-,17-/m1/s1. The van der Waals surface area contributed by atoms with E-state index in [4.69, 9.17) is 14.3 Å². The lowest BCUT2D eigenvalue weighted by Gasteiger charge is -2.45. The lowest BCUT2D eigenvalue weighted by atomic mass is 9.73. The fourth-order valence-electron chi connectivity index (χ4n) is 4.15. The van der Waals surface area contributed by atoms with Gasteiger partial charge in [0.2, 0.25) is 0 Å². The van der Waals surface area contributed by atoms with Crippen LogP contribution >= 0.6 is 0 Å². The van der Waals surface area contributed by atoms with E-state index in [0.29, 0.717) is 18.5 Å². The number of benzene rings is 1. The summed E-state index contributed by atoms with van der Waals surface area (Å²) in [6, 6.07) is 6.52. The zero-order chi connectivity index (χ0) is 18.2. The van der Waals surface area contributed by atoms with Crippen molar-refractivity contribution in [1.82, 2.24) is 5.06 Å². The third-order valence-electron chi connectivity index (χ3n) is 5.22. The summed E-state index contributed by atoms with van der Waals surface area (Å²) in [6.07, 6.45) is 2.66. The Balaban J connectivity index is 1.82. The smallest absolute Gasteiger partial charge is 0.310 e. The normalized spacial score (nSPS) is 26.5. The number of carbonyl (C=O) groups is 1. The van der Waals surface area contributed by atoms with Crippen LogP contribution in [0.25, 0.3) is 0 Å². The highest BCUT2D eigenvalue weighted by molar-refractivity contribution is 5.73. The number of methoxy groups -OCH3 is 1. The van der Waals surface area contributed by atoms with Crippen LogP contribution in [0.2, 0.25) is 0 Å². The number of piperidine rings is 1. The topological polar surface area (TPSA) is 48.0 Å². The Morgan fingerprint density at radius 2 is 1.96 bits per heavy atom. The molecule has 1 heterocycles. The number of hydrogen-bond donors (Lipinski definition) is 0. The van der Waals surface area contributed by atoms with E-state index in [9.17, 15) is 4.79 Å². The van der Waals surface area contributed by atoms with Gasteiger partial charge in [0.05, 0.1) is 20.1 Å². The van der Waals surface area contributed by atoms with Crippen LogP contribution in [0.4, 0.5) is 0 Å². The van der Waals surface area contributed by atoms with E-state index in [0.717, 1.165) is 25.0 Å². The molecule has 1 aromatic rings. The van der Waals surface area contributed by atoms with Crippen molar-refractivity contribution in [3.8, 4) is 5.75 Å². The summed E-state index contributed by atoms with van der Waals surface area (Å²) in [5, 5.41) is 1.98. The summed E-state index contributed by atoms with van der Waals surface area (Å²) in [5.41, 5.74) is 2.12. The molecule has 2 aliphatic rings. The number of rotatable bonds is 3. The maximum atomic E-state index is 12.6. The zero-order valence-electron chi connectivity index (χ0n) is 15.9. The van der Waals surface area contributed by atoms with E-state index in [1.807, 2.05) is 38.0 Å². The molecule has 1 aromatic carbocycles. The third-order valence-corrected chi connectivity index (χ3v) is 5.22. The van der Waals surface area contributed by atoms with Crippen molar-refractivity contribution in [3.05, 3.63) is 29.3 Å². The Labute approximate surface area is 150 Å². The number of esters is 1. The molecule has 1 fully saturated rings. The first-order chi connectivity index (χ1) is 11.8. The summed E-state index contributed by atoms with van der Waals surface area (Å²) in [7, 11) is 3.41. The predicted molar refractivity (Wildman–Crippen MR) is 95.3 cm³/mol. The molecule has 0 aromatic heterocycles. The molecule has 138 valence electrons. The maximum absolute atomic E-state index is 12.6. The molecule has 0 bridgehead atoms. The third kappa shape index (κ3) is 3.82. The molecule has 3 rings (SSSR count). The molecule has 1 saturated heterocycles. The van der Waals surface area contributed by atoms with Crippen molar-refractivity contribution in [2.45, 2.75) is 51.7 Å². The Bertz CT molecular complexity index is 637. The number of hydroxylamine groups is 2. The second kappa shape index (κ2) is 6.96. The van der Waals surface area contributed by atoms with Crippen molar-refractivity contribution in [3.63, 3.8) is 0 Å². The molecular formula is C20H29NO4. The highest BCUT2D eigenvalue weighted by atomic mass is 16.7. The number of fused-ring (bicyclic) bond motifs is 2. The fraction of sp³-hybridized carbons (Fsp3) is 0.650. The van der Waals surface area contributed by atoms with Gasteiger partial charge < -0.3 is 14.3 Å². The molecule has 0 amide bonds. The Morgan fingerprint density at radius 3 is 2.60 bits per heavy atom. The minimum atomic E-state index is -0.464. The molecule has 0 radical (unpaired) electrons.